The second-order valence-corrected chi connectivity index (χ2v) is 7.14. The summed E-state index contributed by atoms with van der Waals surface area (Å²) in [6, 6.07) is 17.2. The molecule has 1 N–H and O–H groups in total. The van der Waals surface area contributed by atoms with Crippen LogP contribution in [0.1, 0.15) is 16.5 Å². The van der Waals surface area contributed by atoms with Crippen molar-refractivity contribution in [2.24, 2.45) is 0 Å². The molecule has 1 aromatic heterocycles. The standard InChI is InChI=1S/C16H13BrClNS/c1-19-15(14-9-13(17)16(18)20-14)12-7-6-10-4-2-3-5-11(10)8-12/h2-9,15,19H,1H3. The van der Waals surface area contributed by atoms with Gasteiger partial charge in [0.25, 0.3) is 0 Å². The highest BCUT2D eigenvalue weighted by atomic mass is 79.9. The summed E-state index contributed by atoms with van der Waals surface area (Å²) >= 11 is 11.2. The van der Waals surface area contributed by atoms with E-state index in [1.807, 2.05) is 7.05 Å². The van der Waals surface area contributed by atoms with E-state index in [0.717, 1.165) is 8.81 Å². The van der Waals surface area contributed by atoms with Crippen molar-refractivity contribution in [3.63, 3.8) is 0 Å². The molecule has 0 bridgehead atoms. The molecule has 0 fully saturated rings. The lowest BCUT2D eigenvalue weighted by Gasteiger charge is -2.15. The van der Waals surface area contributed by atoms with Gasteiger partial charge < -0.3 is 5.32 Å². The van der Waals surface area contributed by atoms with Gasteiger partial charge in [-0.1, -0.05) is 48.0 Å². The fourth-order valence-electron chi connectivity index (χ4n) is 2.37. The minimum Gasteiger partial charge on any atom is -0.309 e. The van der Waals surface area contributed by atoms with E-state index >= 15 is 0 Å². The zero-order valence-electron chi connectivity index (χ0n) is 10.9. The number of hydrogen-bond donors (Lipinski definition) is 1. The van der Waals surface area contributed by atoms with E-state index in [4.69, 9.17) is 11.6 Å². The lowest BCUT2D eigenvalue weighted by molar-refractivity contribution is 0.704. The SMILES string of the molecule is CNC(c1ccc2ccccc2c1)c1cc(Br)c(Cl)s1. The molecule has 2 aromatic carbocycles. The van der Waals surface area contributed by atoms with Crippen molar-refractivity contribution < 1.29 is 0 Å². The van der Waals surface area contributed by atoms with Crippen LogP contribution in [0.4, 0.5) is 0 Å². The predicted molar refractivity (Wildman–Crippen MR) is 91.9 cm³/mol. The van der Waals surface area contributed by atoms with Gasteiger partial charge in [-0.2, -0.15) is 0 Å². The Morgan fingerprint density at radius 3 is 2.50 bits per heavy atom. The zero-order valence-corrected chi connectivity index (χ0v) is 14.0. The molecule has 0 aliphatic heterocycles. The molecule has 0 aliphatic carbocycles. The van der Waals surface area contributed by atoms with Crippen LogP contribution in [-0.4, -0.2) is 7.05 Å². The van der Waals surface area contributed by atoms with E-state index in [2.05, 4.69) is 69.8 Å². The molecule has 0 saturated heterocycles. The topological polar surface area (TPSA) is 12.0 Å². The molecule has 0 aliphatic rings. The summed E-state index contributed by atoms with van der Waals surface area (Å²) in [5.41, 5.74) is 1.25. The van der Waals surface area contributed by atoms with Gasteiger partial charge in [0.2, 0.25) is 0 Å². The van der Waals surface area contributed by atoms with Gasteiger partial charge in [-0.25, -0.2) is 0 Å². The van der Waals surface area contributed by atoms with Crippen molar-refractivity contribution in [1.82, 2.24) is 5.32 Å². The Bertz CT molecular complexity index is 734. The number of halogens is 2. The van der Waals surface area contributed by atoms with Gasteiger partial charge in [0.15, 0.2) is 0 Å². The number of hydrogen-bond acceptors (Lipinski definition) is 2. The lowest BCUT2D eigenvalue weighted by atomic mass is 10.0. The highest BCUT2D eigenvalue weighted by Crippen LogP contribution is 2.37. The first kappa shape index (κ1) is 14.1. The predicted octanol–water partition coefficient (Wildman–Crippen LogP) is 5.63. The molecule has 1 atom stereocenters. The first-order chi connectivity index (χ1) is 9.69. The highest BCUT2D eigenvalue weighted by molar-refractivity contribution is 9.10. The Morgan fingerprint density at radius 2 is 1.85 bits per heavy atom. The minimum absolute atomic E-state index is 0.161. The third-order valence-electron chi connectivity index (χ3n) is 3.34. The summed E-state index contributed by atoms with van der Waals surface area (Å²) in [6.07, 6.45) is 0. The average Bonchev–Trinajstić information content (AvgIpc) is 2.79. The summed E-state index contributed by atoms with van der Waals surface area (Å²) in [6.45, 7) is 0. The molecule has 0 radical (unpaired) electrons. The quantitative estimate of drug-likeness (QED) is 0.634. The third kappa shape index (κ3) is 2.63. The van der Waals surface area contributed by atoms with Crippen LogP contribution in [0.5, 0.6) is 0 Å². The van der Waals surface area contributed by atoms with Gasteiger partial charge in [-0.3, -0.25) is 0 Å². The van der Waals surface area contributed by atoms with E-state index in [1.165, 1.54) is 21.2 Å². The molecule has 1 nitrogen and oxygen atoms in total. The number of fused-ring (bicyclic) bond motifs is 1. The molecule has 0 spiro atoms. The van der Waals surface area contributed by atoms with E-state index in [1.54, 1.807) is 11.3 Å². The van der Waals surface area contributed by atoms with Gasteiger partial charge in [0, 0.05) is 9.35 Å². The molecule has 0 amide bonds. The van der Waals surface area contributed by atoms with E-state index < -0.39 is 0 Å². The Hall–Kier alpha value is -0.870. The van der Waals surface area contributed by atoms with Crippen molar-refractivity contribution >= 4 is 49.6 Å². The maximum absolute atomic E-state index is 6.16. The number of benzene rings is 2. The van der Waals surface area contributed by atoms with Crippen LogP contribution in [0.3, 0.4) is 0 Å². The van der Waals surface area contributed by atoms with Crippen LogP contribution in [0.2, 0.25) is 4.34 Å². The van der Waals surface area contributed by atoms with Crippen LogP contribution in [0.25, 0.3) is 10.8 Å². The fourth-order valence-corrected chi connectivity index (χ4v) is 4.24. The summed E-state index contributed by atoms with van der Waals surface area (Å²) < 4.78 is 1.75. The van der Waals surface area contributed by atoms with Crippen molar-refractivity contribution in [3.8, 4) is 0 Å². The molecular formula is C16H13BrClNS. The summed E-state index contributed by atoms with van der Waals surface area (Å²) in [5, 5.41) is 5.89. The van der Waals surface area contributed by atoms with Gasteiger partial charge in [-0.15, -0.1) is 11.3 Å². The Balaban J connectivity index is 2.06. The number of rotatable bonds is 3. The minimum atomic E-state index is 0.161. The smallest absolute Gasteiger partial charge is 0.107 e. The number of nitrogens with one attached hydrogen (secondary N) is 1. The second-order valence-electron chi connectivity index (χ2n) is 4.60. The summed E-state index contributed by atoms with van der Waals surface area (Å²) in [5.74, 6) is 0. The van der Waals surface area contributed by atoms with Crippen LogP contribution >= 0.6 is 38.9 Å². The maximum Gasteiger partial charge on any atom is 0.107 e. The monoisotopic (exact) mass is 365 g/mol. The first-order valence-corrected chi connectivity index (χ1v) is 8.28. The third-order valence-corrected chi connectivity index (χ3v) is 5.88. The van der Waals surface area contributed by atoms with Crippen LogP contribution in [0, 0.1) is 0 Å². The van der Waals surface area contributed by atoms with E-state index in [-0.39, 0.29) is 6.04 Å². The van der Waals surface area contributed by atoms with E-state index in [9.17, 15) is 0 Å². The van der Waals surface area contributed by atoms with Gasteiger partial charge in [0.05, 0.1) is 6.04 Å². The second kappa shape index (κ2) is 5.86. The van der Waals surface area contributed by atoms with Crippen molar-refractivity contribution in [2.75, 3.05) is 7.05 Å². The molecular weight excluding hydrogens is 354 g/mol. The first-order valence-electron chi connectivity index (χ1n) is 6.29. The largest absolute Gasteiger partial charge is 0.309 e. The lowest BCUT2D eigenvalue weighted by Crippen LogP contribution is -2.16. The van der Waals surface area contributed by atoms with Gasteiger partial charge in [0.1, 0.15) is 4.34 Å². The zero-order chi connectivity index (χ0) is 14.1. The normalized spacial score (nSPS) is 12.8. The van der Waals surface area contributed by atoms with Gasteiger partial charge in [-0.05, 0) is 51.4 Å². The molecule has 4 heteroatoms. The van der Waals surface area contributed by atoms with Crippen LogP contribution in [-0.2, 0) is 0 Å². The van der Waals surface area contributed by atoms with Crippen LogP contribution < -0.4 is 5.32 Å². The fraction of sp³-hybridized carbons (Fsp3) is 0.125. The summed E-state index contributed by atoms with van der Waals surface area (Å²) in [7, 11) is 1.97. The molecule has 3 rings (SSSR count). The van der Waals surface area contributed by atoms with E-state index in [0.29, 0.717) is 0 Å². The molecule has 1 unspecified atom stereocenters. The molecule has 102 valence electrons. The van der Waals surface area contributed by atoms with Crippen molar-refractivity contribution in [1.29, 1.82) is 0 Å². The Kier molecular flexibility index (Phi) is 4.13. The van der Waals surface area contributed by atoms with Crippen molar-refractivity contribution in [2.45, 2.75) is 6.04 Å². The summed E-state index contributed by atoms with van der Waals surface area (Å²) in [4.78, 5) is 1.21. The molecule has 1 heterocycles. The highest BCUT2D eigenvalue weighted by Gasteiger charge is 2.16. The van der Waals surface area contributed by atoms with Crippen LogP contribution in [0.15, 0.2) is 53.0 Å². The number of thiophene rings is 1. The maximum atomic E-state index is 6.16. The molecule has 20 heavy (non-hydrogen) atoms. The molecule has 0 saturated carbocycles. The average molecular weight is 367 g/mol. The Morgan fingerprint density at radius 1 is 1.10 bits per heavy atom. The van der Waals surface area contributed by atoms with Gasteiger partial charge >= 0.3 is 0 Å². The Labute approximate surface area is 135 Å². The molecule has 3 aromatic rings. The van der Waals surface area contributed by atoms with Crippen molar-refractivity contribution in [3.05, 3.63) is 67.8 Å².